The molecule has 0 fully saturated rings. The molecular weight excluding hydrogens is 412 g/mol. The molecule has 0 spiro atoms. The summed E-state index contributed by atoms with van der Waals surface area (Å²) in [6.07, 6.45) is 2.65. The number of para-hydroxylation sites is 4. The maximum absolute atomic E-state index is 9.89. The number of rotatable bonds is 6. The van der Waals surface area contributed by atoms with Crippen molar-refractivity contribution >= 4 is 35.1 Å². The van der Waals surface area contributed by atoms with Gasteiger partial charge in [-0.25, -0.2) is 9.97 Å². The molecule has 0 aliphatic rings. The largest absolute Gasteiger partial charge is 0.504 e. The first-order valence-electron chi connectivity index (χ1n) is 9.40. The van der Waals surface area contributed by atoms with Gasteiger partial charge in [-0.3, -0.25) is 10.9 Å². The molecule has 0 saturated carbocycles. The molecule has 32 heavy (non-hydrogen) atoms. The van der Waals surface area contributed by atoms with Crippen molar-refractivity contribution in [2.75, 3.05) is 10.9 Å². The fraction of sp³-hybridized carbons (Fsp3) is 0. The lowest BCUT2D eigenvalue weighted by molar-refractivity contribution is 0.403. The summed E-state index contributed by atoms with van der Waals surface area (Å²) in [6, 6.07) is 16.3. The third-order valence-corrected chi connectivity index (χ3v) is 4.41. The molecule has 4 aromatic rings. The molecule has 160 valence electrons. The third kappa shape index (κ3) is 4.33. The third-order valence-electron chi connectivity index (χ3n) is 4.41. The van der Waals surface area contributed by atoms with Gasteiger partial charge in [0.1, 0.15) is 0 Å². The van der Waals surface area contributed by atoms with Gasteiger partial charge in [0, 0.05) is 11.1 Å². The van der Waals surface area contributed by atoms with Gasteiger partial charge in [0.15, 0.2) is 34.6 Å². The minimum Gasteiger partial charge on any atom is -0.504 e. The predicted molar refractivity (Wildman–Crippen MR) is 122 cm³/mol. The van der Waals surface area contributed by atoms with E-state index in [1.54, 1.807) is 36.4 Å². The normalized spacial score (nSPS) is 11.4. The molecule has 0 bridgehead atoms. The summed E-state index contributed by atoms with van der Waals surface area (Å²) in [5.74, 6) is -0.612. The van der Waals surface area contributed by atoms with Crippen LogP contribution in [0.2, 0.25) is 0 Å². The fourth-order valence-electron chi connectivity index (χ4n) is 2.79. The smallest absolute Gasteiger partial charge is 0.192 e. The Bertz CT molecular complexity index is 1240. The van der Waals surface area contributed by atoms with Crippen molar-refractivity contribution in [3.05, 3.63) is 71.8 Å². The number of hydrogen-bond acceptors (Lipinski definition) is 10. The Balaban J connectivity index is 1.61. The highest BCUT2D eigenvalue weighted by Gasteiger charge is 2.09. The van der Waals surface area contributed by atoms with Crippen LogP contribution >= 0.6 is 0 Å². The predicted octanol–water partition coefficient (Wildman–Crippen LogP) is 3.34. The Labute approximate surface area is 181 Å². The molecule has 10 nitrogen and oxygen atoms in total. The van der Waals surface area contributed by atoms with Crippen LogP contribution < -0.4 is 10.9 Å². The summed E-state index contributed by atoms with van der Waals surface area (Å²) in [4.78, 5) is 8.96. The van der Waals surface area contributed by atoms with Crippen LogP contribution in [0.5, 0.6) is 23.0 Å². The van der Waals surface area contributed by atoms with Gasteiger partial charge >= 0.3 is 0 Å². The topological polar surface area (TPSA) is 155 Å². The molecule has 0 radical (unpaired) electrons. The first-order chi connectivity index (χ1) is 15.5. The highest BCUT2D eigenvalue weighted by Crippen LogP contribution is 2.28. The zero-order valence-corrected chi connectivity index (χ0v) is 16.5. The first kappa shape index (κ1) is 20.4. The summed E-state index contributed by atoms with van der Waals surface area (Å²) < 4.78 is 0. The number of aromatic hydroxyl groups is 4. The van der Waals surface area contributed by atoms with Gasteiger partial charge in [-0.1, -0.05) is 24.3 Å². The van der Waals surface area contributed by atoms with Crippen LogP contribution in [-0.4, -0.2) is 42.8 Å². The number of benzene rings is 3. The quantitative estimate of drug-likeness (QED) is 0.155. The van der Waals surface area contributed by atoms with E-state index in [9.17, 15) is 20.4 Å². The van der Waals surface area contributed by atoms with E-state index in [-0.39, 0.29) is 34.6 Å². The number of hydrazone groups is 2. The molecule has 0 saturated heterocycles. The number of anilines is 2. The van der Waals surface area contributed by atoms with Gasteiger partial charge in [0.2, 0.25) is 0 Å². The number of hydrogen-bond donors (Lipinski definition) is 6. The lowest BCUT2D eigenvalue weighted by Gasteiger charge is -2.08. The van der Waals surface area contributed by atoms with Crippen molar-refractivity contribution < 1.29 is 20.4 Å². The average molecular weight is 430 g/mol. The lowest BCUT2D eigenvalue weighted by atomic mass is 10.2. The molecule has 3 aromatic carbocycles. The highest BCUT2D eigenvalue weighted by molar-refractivity contribution is 5.87. The highest BCUT2D eigenvalue weighted by atomic mass is 16.3. The van der Waals surface area contributed by atoms with Crippen molar-refractivity contribution in [2.24, 2.45) is 10.2 Å². The number of fused-ring (bicyclic) bond motifs is 1. The van der Waals surface area contributed by atoms with E-state index >= 15 is 0 Å². The van der Waals surface area contributed by atoms with E-state index < -0.39 is 0 Å². The number of phenols is 4. The van der Waals surface area contributed by atoms with Crippen molar-refractivity contribution in [2.45, 2.75) is 0 Å². The van der Waals surface area contributed by atoms with Crippen molar-refractivity contribution in [1.29, 1.82) is 0 Å². The van der Waals surface area contributed by atoms with Gasteiger partial charge < -0.3 is 20.4 Å². The monoisotopic (exact) mass is 430 g/mol. The number of nitrogens with zero attached hydrogens (tertiary/aromatic N) is 4. The first-order valence-corrected chi connectivity index (χ1v) is 9.40. The maximum atomic E-state index is 9.89. The van der Waals surface area contributed by atoms with Crippen LogP contribution in [0.3, 0.4) is 0 Å². The minimum atomic E-state index is -0.295. The second-order valence-corrected chi connectivity index (χ2v) is 6.58. The van der Waals surface area contributed by atoms with E-state index in [0.29, 0.717) is 22.2 Å². The second kappa shape index (κ2) is 8.88. The van der Waals surface area contributed by atoms with Crippen LogP contribution in [0.15, 0.2) is 70.9 Å². The maximum Gasteiger partial charge on any atom is 0.192 e. The average Bonchev–Trinajstić information content (AvgIpc) is 2.79. The Kier molecular flexibility index (Phi) is 5.66. The van der Waals surface area contributed by atoms with Crippen molar-refractivity contribution in [3.63, 3.8) is 0 Å². The molecule has 1 heterocycles. The Morgan fingerprint density at radius 3 is 1.47 bits per heavy atom. The summed E-state index contributed by atoms with van der Waals surface area (Å²) in [6.45, 7) is 0. The molecule has 0 aliphatic heterocycles. The molecular formula is C22H18N6O4. The van der Waals surface area contributed by atoms with Gasteiger partial charge in [-0.2, -0.15) is 10.2 Å². The van der Waals surface area contributed by atoms with Crippen LogP contribution in [-0.2, 0) is 0 Å². The van der Waals surface area contributed by atoms with Crippen LogP contribution in [0, 0.1) is 0 Å². The molecule has 0 amide bonds. The summed E-state index contributed by atoms with van der Waals surface area (Å²) in [7, 11) is 0. The molecule has 4 rings (SSSR count). The minimum absolute atomic E-state index is 0.247. The molecule has 0 aliphatic carbocycles. The molecule has 1 aromatic heterocycles. The Morgan fingerprint density at radius 1 is 0.594 bits per heavy atom. The SMILES string of the molecule is Oc1cccc(/C=N/Nc2nc3ccccc3nc2N/N=C/c2cccc(O)c2O)c1O. The van der Waals surface area contributed by atoms with Crippen LogP contribution in [0.1, 0.15) is 11.1 Å². The zero-order valence-electron chi connectivity index (χ0n) is 16.5. The van der Waals surface area contributed by atoms with Gasteiger partial charge in [0.05, 0.1) is 23.5 Å². The summed E-state index contributed by atoms with van der Waals surface area (Å²) >= 11 is 0. The second-order valence-electron chi connectivity index (χ2n) is 6.58. The van der Waals surface area contributed by atoms with E-state index in [2.05, 4.69) is 31.0 Å². The molecule has 0 unspecified atom stereocenters. The molecule has 6 N–H and O–H groups in total. The number of phenolic OH excluding ortho intramolecular Hbond substituents is 4. The Hall–Kier alpha value is -4.86. The Morgan fingerprint density at radius 2 is 1.03 bits per heavy atom. The summed E-state index contributed by atoms with van der Waals surface area (Å²) in [5, 5.41) is 47.1. The lowest BCUT2D eigenvalue weighted by Crippen LogP contribution is -2.03. The van der Waals surface area contributed by atoms with Crippen LogP contribution in [0.25, 0.3) is 11.0 Å². The molecule has 10 heteroatoms. The number of aromatic nitrogens is 2. The number of nitrogens with one attached hydrogen (secondary N) is 2. The van der Waals surface area contributed by atoms with Gasteiger partial charge in [-0.05, 0) is 36.4 Å². The van der Waals surface area contributed by atoms with Crippen molar-refractivity contribution in [3.8, 4) is 23.0 Å². The zero-order chi connectivity index (χ0) is 22.5. The van der Waals surface area contributed by atoms with E-state index in [1.165, 1.54) is 24.6 Å². The fourth-order valence-corrected chi connectivity index (χ4v) is 2.79. The summed E-state index contributed by atoms with van der Waals surface area (Å²) in [5.41, 5.74) is 7.33. The van der Waals surface area contributed by atoms with Gasteiger partial charge in [0.25, 0.3) is 0 Å². The standard InChI is InChI=1S/C22H18N6O4/c29-17-9-3-5-13(19(17)31)11-23-27-21-22(26-16-8-2-1-7-15(16)25-21)28-24-12-14-6-4-10-18(30)20(14)32/h1-12,29-32H,(H,25,27)(H,26,28)/b23-11+,24-12+. The van der Waals surface area contributed by atoms with E-state index in [4.69, 9.17) is 0 Å². The van der Waals surface area contributed by atoms with Gasteiger partial charge in [-0.15, -0.1) is 0 Å². The van der Waals surface area contributed by atoms with Crippen LogP contribution in [0.4, 0.5) is 11.6 Å². The van der Waals surface area contributed by atoms with E-state index in [0.717, 1.165) is 0 Å². The molecule has 0 atom stereocenters. The van der Waals surface area contributed by atoms with E-state index in [1.807, 2.05) is 12.1 Å². The van der Waals surface area contributed by atoms with Crippen molar-refractivity contribution in [1.82, 2.24) is 9.97 Å².